The van der Waals surface area contributed by atoms with Crippen molar-refractivity contribution in [3.05, 3.63) is 35.4 Å². The summed E-state index contributed by atoms with van der Waals surface area (Å²) in [6.45, 7) is 2.64. The van der Waals surface area contributed by atoms with Gasteiger partial charge in [-0.15, -0.1) is 0 Å². The van der Waals surface area contributed by atoms with Crippen LogP contribution in [-0.2, 0) is 9.53 Å². The maximum atomic E-state index is 13.1. The summed E-state index contributed by atoms with van der Waals surface area (Å²) in [6, 6.07) is 2.56. The number of rotatable bonds is 3. The first kappa shape index (κ1) is 15.9. The molecule has 1 N–H and O–H groups in total. The molecular weight excluding hydrogens is 306 g/mol. The van der Waals surface area contributed by atoms with E-state index < -0.39 is 17.5 Å². The van der Waals surface area contributed by atoms with Gasteiger partial charge in [-0.2, -0.15) is 0 Å². The van der Waals surface area contributed by atoms with E-state index in [4.69, 9.17) is 4.74 Å². The van der Waals surface area contributed by atoms with E-state index in [9.17, 15) is 18.4 Å². The molecule has 0 radical (unpaired) electrons. The third kappa shape index (κ3) is 3.50. The second-order valence-electron chi connectivity index (χ2n) is 6.20. The number of benzene rings is 1. The van der Waals surface area contributed by atoms with Gasteiger partial charge in [0.25, 0.3) is 5.91 Å². The minimum atomic E-state index is -0.828. The Kier molecular flexibility index (Phi) is 4.30. The molecule has 2 aliphatic heterocycles. The van der Waals surface area contributed by atoms with Crippen molar-refractivity contribution in [3.8, 4) is 0 Å². The zero-order valence-electron chi connectivity index (χ0n) is 12.6. The molecule has 23 heavy (non-hydrogen) atoms. The van der Waals surface area contributed by atoms with Crippen molar-refractivity contribution in [2.24, 2.45) is 5.41 Å². The van der Waals surface area contributed by atoms with E-state index in [1.54, 1.807) is 4.90 Å². The van der Waals surface area contributed by atoms with Gasteiger partial charge in [0.2, 0.25) is 5.91 Å². The van der Waals surface area contributed by atoms with Crippen molar-refractivity contribution in [1.29, 1.82) is 0 Å². The van der Waals surface area contributed by atoms with Crippen LogP contribution in [0.5, 0.6) is 0 Å². The number of nitrogens with zero attached hydrogens (tertiary/aromatic N) is 1. The van der Waals surface area contributed by atoms with Crippen molar-refractivity contribution in [3.63, 3.8) is 0 Å². The molecule has 1 aromatic carbocycles. The maximum absolute atomic E-state index is 13.1. The zero-order chi connectivity index (χ0) is 16.4. The van der Waals surface area contributed by atoms with Gasteiger partial charge in [-0.3, -0.25) is 9.59 Å². The van der Waals surface area contributed by atoms with Gasteiger partial charge in [0.15, 0.2) is 0 Å². The molecule has 0 aromatic heterocycles. The van der Waals surface area contributed by atoms with Crippen LogP contribution in [0.3, 0.4) is 0 Å². The SMILES string of the molecule is O=C(NCC(=O)N1CC2(CCOCC2)C1)c1cc(F)cc(F)c1. The van der Waals surface area contributed by atoms with E-state index in [0.29, 0.717) is 19.2 Å². The molecule has 1 aromatic rings. The van der Waals surface area contributed by atoms with Gasteiger partial charge in [0.05, 0.1) is 6.54 Å². The molecular formula is C16H18F2N2O3. The predicted octanol–water partition coefficient (Wildman–Crippen LogP) is 1.33. The molecule has 5 nitrogen and oxygen atoms in total. The maximum Gasteiger partial charge on any atom is 0.251 e. The lowest BCUT2D eigenvalue weighted by Crippen LogP contribution is -2.61. The Labute approximate surface area is 132 Å². The summed E-state index contributed by atoms with van der Waals surface area (Å²) in [5.74, 6) is -2.51. The van der Waals surface area contributed by atoms with Crippen molar-refractivity contribution >= 4 is 11.8 Å². The first-order valence-corrected chi connectivity index (χ1v) is 7.57. The number of likely N-dealkylation sites (tertiary alicyclic amines) is 1. The minimum Gasteiger partial charge on any atom is -0.381 e. The predicted molar refractivity (Wildman–Crippen MR) is 77.8 cm³/mol. The van der Waals surface area contributed by atoms with Crippen molar-refractivity contribution in [2.75, 3.05) is 32.8 Å². The minimum absolute atomic E-state index is 0.139. The Morgan fingerprint density at radius 1 is 1.13 bits per heavy atom. The molecule has 0 atom stereocenters. The number of carbonyl (C=O) groups is 2. The highest BCUT2D eigenvalue weighted by Gasteiger charge is 2.45. The Balaban J connectivity index is 1.49. The fraction of sp³-hybridized carbons (Fsp3) is 0.500. The molecule has 0 aliphatic carbocycles. The Bertz CT molecular complexity index is 602. The molecule has 0 saturated carbocycles. The van der Waals surface area contributed by atoms with E-state index in [-0.39, 0.29) is 23.4 Å². The fourth-order valence-electron chi connectivity index (χ4n) is 3.12. The standard InChI is InChI=1S/C16H18F2N2O3/c17-12-5-11(6-13(18)7-12)15(22)19-8-14(21)20-9-16(10-20)1-3-23-4-2-16/h5-7H,1-4,8-10H2,(H,19,22). The summed E-state index contributed by atoms with van der Waals surface area (Å²) in [7, 11) is 0. The van der Waals surface area contributed by atoms with Crippen LogP contribution in [0.25, 0.3) is 0 Å². The van der Waals surface area contributed by atoms with Gasteiger partial charge in [-0.1, -0.05) is 0 Å². The van der Waals surface area contributed by atoms with Crippen molar-refractivity contribution < 1.29 is 23.1 Å². The van der Waals surface area contributed by atoms with Crippen LogP contribution in [-0.4, -0.2) is 49.6 Å². The number of amides is 2. The quantitative estimate of drug-likeness (QED) is 0.913. The van der Waals surface area contributed by atoms with Gasteiger partial charge in [0, 0.05) is 43.3 Å². The average molecular weight is 324 g/mol. The van der Waals surface area contributed by atoms with Crippen LogP contribution in [0, 0.1) is 17.0 Å². The summed E-state index contributed by atoms with van der Waals surface area (Å²) in [6.07, 6.45) is 1.90. The van der Waals surface area contributed by atoms with Gasteiger partial charge in [-0.25, -0.2) is 8.78 Å². The van der Waals surface area contributed by atoms with Crippen molar-refractivity contribution in [1.82, 2.24) is 10.2 Å². The summed E-state index contributed by atoms with van der Waals surface area (Å²) >= 11 is 0. The van der Waals surface area contributed by atoms with E-state index in [2.05, 4.69) is 5.32 Å². The largest absolute Gasteiger partial charge is 0.381 e. The topological polar surface area (TPSA) is 58.6 Å². The first-order valence-electron chi connectivity index (χ1n) is 7.57. The lowest BCUT2D eigenvalue weighted by atomic mass is 9.73. The highest BCUT2D eigenvalue weighted by atomic mass is 19.1. The van der Waals surface area contributed by atoms with Crippen molar-refractivity contribution in [2.45, 2.75) is 12.8 Å². The molecule has 2 fully saturated rings. The van der Waals surface area contributed by atoms with Crippen LogP contribution in [0.4, 0.5) is 8.78 Å². The smallest absolute Gasteiger partial charge is 0.251 e. The highest BCUT2D eigenvalue weighted by Crippen LogP contribution is 2.39. The van der Waals surface area contributed by atoms with Crippen LogP contribution in [0.1, 0.15) is 23.2 Å². The number of ether oxygens (including phenoxy) is 1. The number of hydrogen-bond donors (Lipinski definition) is 1. The van der Waals surface area contributed by atoms with E-state index in [1.807, 2.05) is 0 Å². The van der Waals surface area contributed by atoms with Crippen LogP contribution in [0.2, 0.25) is 0 Å². The summed E-state index contributed by atoms with van der Waals surface area (Å²) in [5, 5.41) is 2.41. The molecule has 7 heteroatoms. The second kappa shape index (κ2) is 6.23. The summed E-state index contributed by atoms with van der Waals surface area (Å²) in [4.78, 5) is 25.6. The number of carbonyl (C=O) groups excluding carboxylic acids is 2. The third-order valence-corrected chi connectivity index (χ3v) is 4.48. The number of hydrogen-bond acceptors (Lipinski definition) is 3. The summed E-state index contributed by atoms with van der Waals surface area (Å²) < 4.78 is 31.5. The van der Waals surface area contributed by atoms with Gasteiger partial charge >= 0.3 is 0 Å². The normalized spacial score (nSPS) is 19.3. The lowest BCUT2D eigenvalue weighted by Gasteiger charge is -2.52. The molecule has 2 heterocycles. The van der Waals surface area contributed by atoms with Crippen LogP contribution >= 0.6 is 0 Å². The molecule has 2 aliphatic rings. The molecule has 124 valence electrons. The zero-order valence-corrected chi connectivity index (χ0v) is 12.6. The monoisotopic (exact) mass is 324 g/mol. The molecule has 3 rings (SSSR count). The molecule has 0 bridgehead atoms. The molecule has 2 amide bonds. The molecule has 1 spiro atoms. The molecule has 0 unspecified atom stereocenters. The summed E-state index contributed by atoms with van der Waals surface area (Å²) in [5.41, 5.74) is 0.0312. The molecule has 2 saturated heterocycles. The number of nitrogens with one attached hydrogen (secondary N) is 1. The second-order valence-corrected chi connectivity index (χ2v) is 6.20. The lowest BCUT2D eigenvalue weighted by molar-refractivity contribution is -0.149. The third-order valence-electron chi connectivity index (χ3n) is 4.48. The van der Waals surface area contributed by atoms with Gasteiger partial charge in [0.1, 0.15) is 11.6 Å². The first-order chi connectivity index (χ1) is 11.0. The average Bonchev–Trinajstić information content (AvgIpc) is 2.49. The van der Waals surface area contributed by atoms with E-state index >= 15 is 0 Å². The Morgan fingerprint density at radius 2 is 1.74 bits per heavy atom. The van der Waals surface area contributed by atoms with Crippen LogP contribution in [0.15, 0.2) is 18.2 Å². The van der Waals surface area contributed by atoms with E-state index in [0.717, 1.165) is 38.2 Å². The number of halogens is 2. The highest BCUT2D eigenvalue weighted by molar-refractivity contribution is 5.96. The Hall–Kier alpha value is -2.02. The van der Waals surface area contributed by atoms with Gasteiger partial charge < -0.3 is 15.0 Å². The van der Waals surface area contributed by atoms with E-state index in [1.165, 1.54) is 0 Å². The van der Waals surface area contributed by atoms with Gasteiger partial charge in [-0.05, 0) is 25.0 Å². The Morgan fingerprint density at radius 3 is 2.35 bits per heavy atom. The van der Waals surface area contributed by atoms with Crippen LogP contribution < -0.4 is 5.32 Å². The fourth-order valence-corrected chi connectivity index (χ4v) is 3.12.